The Bertz CT molecular complexity index is 206. The van der Waals surface area contributed by atoms with Crippen molar-refractivity contribution in [2.75, 3.05) is 19.7 Å². The molecule has 0 aliphatic heterocycles. The van der Waals surface area contributed by atoms with E-state index in [1.54, 1.807) is 0 Å². The monoisotopic (exact) mass is 228 g/mol. The van der Waals surface area contributed by atoms with Gasteiger partial charge in [-0.3, -0.25) is 0 Å². The average molecular weight is 228 g/mol. The maximum Gasteiger partial charge on any atom is 0.0655 e. The molecule has 16 heavy (non-hydrogen) atoms. The van der Waals surface area contributed by atoms with Gasteiger partial charge >= 0.3 is 0 Å². The van der Waals surface area contributed by atoms with E-state index in [9.17, 15) is 0 Å². The third-order valence-electron chi connectivity index (χ3n) is 3.98. The lowest BCUT2D eigenvalue weighted by Gasteiger charge is -2.52. The van der Waals surface area contributed by atoms with E-state index in [1.165, 1.54) is 6.42 Å². The van der Waals surface area contributed by atoms with Gasteiger partial charge in [0.15, 0.2) is 0 Å². The molecule has 0 amide bonds. The second-order valence-corrected chi connectivity index (χ2v) is 5.64. The Morgan fingerprint density at radius 3 is 2.69 bits per heavy atom. The molecule has 96 valence electrons. The fraction of sp³-hybridized carbons (Fsp3) is 1.00. The van der Waals surface area contributed by atoms with Gasteiger partial charge in [0.1, 0.15) is 0 Å². The SMILES string of the molecule is CCOC1CC(NCCC(C)CN)C1(C)C. The first-order chi connectivity index (χ1) is 7.52. The van der Waals surface area contributed by atoms with Crippen molar-refractivity contribution in [1.29, 1.82) is 0 Å². The average Bonchev–Trinajstić information content (AvgIpc) is 2.26. The molecule has 0 aromatic heterocycles. The second-order valence-electron chi connectivity index (χ2n) is 5.64. The summed E-state index contributed by atoms with van der Waals surface area (Å²) >= 11 is 0. The second kappa shape index (κ2) is 5.99. The van der Waals surface area contributed by atoms with Crippen LogP contribution in [0.25, 0.3) is 0 Å². The number of hydrogen-bond acceptors (Lipinski definition) is 3. The molecule has 1 fully saturated rings. The van der Waals surface area contributed by atoms with Crippen LogP contribution >= 0.6 is 0 Å². The standard InChI is InChI=1S/C13H28N2O/c1-5-16-12-8-11(13(12,3)4)15-7-6-10(2)9-14/h10-12,15H,5-9,14H2,1-4H3. The van der Waals surface area contributed by atoms with E-state index >= 15 is 0 Å². The molecule has 1 rings (SSSR count). The molecule has 1 saturated carbocycles. The van der Waals surface area contributed by atoms with Crippen LogP contribution in [-0.4, -0.2) is 31.8 Å². The van der Waals surface area contributed by atoms with Gasteiger partial charge in [-0.1, -0.05) is 20.8 Å². The van der Waals surface area contributed by atoms with Crippen LogP contribution in [0.4, 0.5) is 0 Å². The molecule has 1 aliphatic rings. The van der Waals surface area contributed by atoms with Gasteiger partial charge in [-0.25, -0.2) is 0 Å². The topological polar surface area (TPSA) is 47.3 Å². The Labute approximate surface area is 100 Å². The molecule has 0 bridgehead atoms. The predicted octanol–water partition coefficient (Wildman–Crippen LogP) is 1.76. The summed E-state index contributed by atoms with van der Waals surface area (Å²) in [5, 5.41) is 3.63. The largest absolute Gasteiger partial charge is 0.378 e. The Morgan fingerprint density at radius 2 is 2.19 bits per heavy atom. The van der Waals surface area contributed by atoms with E-state index in [0.29, 0.717) is 18.1 Å². The maximum atomic E-state index is 5.71. The zero-order chi connectivity index (χ0) is 12.2. The highest BCUT2D eigenvalue weighted by Crippen LogP contribution is 2.42. The molecule has 1 aliphatic carbocycles. The van der Waals surface area contributed by atoms with Crippen LogP contribution in [-0.2, 0) is 4.74 Å². The third kappa shape index (κ3) is 3.19. The zero-order valence-electron chi connectivity index (χ0n) is 11.3. The minimum atomic E-state index is 0.280. The zero-order valence-corrected chi connectivity index (χ0v) is 11.3. The summed E-state index contributed by atoms with van der Waals surface area (Å²) in [4.78, 5) is 0. The smallest absolute Gasteiger partial charge is 0.0655 e. The minimum absolute atomic E-state index is 0.280. The first-order valence-corrected chi connectivity index (χ1v) is 6.57. The van der Waals surface area contributed by atoms with Gasteiger partial charge < -0.3 is 15.8 Å². The number of nitrogens with two attached hydrogens (primary N) is 1. The molecule has 0 aromatic rings. The van der Waals surface area contributed by atoms with Gasteiger partial charge in [-0.15, -0.1) is 0 Å². The normalized spacial score (nSPS) is 29.8. The highest BCUT2D eigenvalue weighted by Gasteiger charge is 2.48. The molecule has 0 aromatic carbocycles. The highest BCUT2D eigenvalue weighted by atomic mass is 16.5. The van der Waals surface area contributed by atoms with E-state index < -0.39 is 0 Å². The fourth-order valence-electron chi connectivity index (χ4n) is 2.34. The number of nitrogens with one attached hydrogen (secondary N) is 1. The predicted molar refractivity (Wildman–Crippen MR) is 68.4 cm³/mol. The molecule has 3 N–H and O–H groups in total. The summed E-state index contributed by atoms with van der Waals surface area (Å²) in [7, 11) is 0. The summed E-state index contributed by atoms with van der Waals surface area (Å²) < 4.78 is 5.71. The maximum absolute atomic E-state index is 5.71. The van der Waals surface area contributed by atoms with Crippen molar-refractivity contribution in [1.82, 2.24) is 5.32 Å². The lowest BCUT2D eigenvalue weighted by atomic mass is 9.64. The van der Waals surface area contributed by atoms with Crippen molar-refractivity contribution in [2.45, 2.75) is 52.7 Å². The van der Waals surface area contributed by atoms with Gasteiger partial charge in [0.05, 0.1) is 6.10 Å². The Morgan fingerprint density at radius 1 is 1.50 bits per heavy atom. The summed E-state index contributed by atoms with van der Waals surface area (Å²) in [6.45, 7) is 11.5. The summed E-state index contributed by atoms with van der Waals surface area (Å²) in [5.41, 5.74) is 5.88. The molecule has 3 heteroatoms. The van der Waals surface area contributed by atoms with Crippen molar-refractivity contribution in [2.24, 2.45) is 17.1 Å². The molecule has 3 atom stereocenters. The Hall–Kier alpha value is -0.120. The van der Waals surface area contributed by atoms with E-state index in [0.717, 1.165) is 26.1 Å². The number of hydrogen-bond donors (Lipinski definition) is 2. The number of ether oxygens (including phenoxy) is 1. The Kier molecular flexibility index (Phi) is 5.22. The van der Waals surface area contributed by atoms with Crippen LogP contribution < -0.4 is 11.1 Å². The van der Waals surface area contributed by atoms with Gasteiger partial charge in [0.25, 0.3) is 0 Å². The minimum Gasteiger partial charge on any atom is -0.378 e. The molecular weight excluding hydrogens is 200 g/mol. The van der Waals surface area contributed by atoms with Gasteiger partial charge in [-0.2, -0.15) is 0 Å². The van der Waals surface area contributed by atoms with E-state index in [4.69, 9.17) is 10.5 Å². The van der Waals surface area contributed by atoms with Crippen LogP contribution in [0.2, 0.25) is 0 Å². The van der Waals surface area contributed by atoms with Crippen molar-refractivity contribution in [3.63, 3.8) is 0 Å². The van der Waals surface area contributed by atoms with Crippen molar-refractivity contribution < 1.29 is 4.74 Å². The quantitative estimate of drug-likeness (QED) is 0.698. The molecule has 3 unspecified atom stereocenters. The van der Waals surface area contributed by atoms with E-state index in [2.05, 4.69) is 33.0 Å². The van der Waals surface area contributed by atoms with Crippen molar-refractivity contribution in [3.05, 3.63) is 0 Å². The van der Waals surface area contributed by atoms with Gasteiger partial charge in [-0.05, 0) is 38.8 Å². The van der Waals surface area contributed by atoms with Crippen LogP contribution in [0.5, 0.6) is 0 Å². The summed E-state index contributed by atoms with van der Waals surface area (Å²) in [6, 6.07) is 0.606. The third-order valence-corrected chi connectivity index (χ3v) is 3.98. The van der Waals surface area contributed by atoms with Gasteiger partial charge in [0.2, 0.25) is 0 Å². The molecule has 0 heterocycles. The number of rotatable bonds is 7. The first kappa shape index (κ1) is 13.9. The molecule has 0 spiro atoms. The van der Waals surface area contributed by atoms with Crippen LogP contribution in [0.1, 0.15) is 40.5 Å². The molecule has 0 saturated heterocycles. The van der Waals surface area contributed by atoms with E-state index in [-0.39, 0.29) is 5.41 Å². The van der Waals surface area contributed by atoms with Crippen LogP contribution in [0, 0.1) is 11.3 Å². The molecular formula is C13H28N2O. The van der Waals surface area contributed by atoms with Crippen molar-refractivity contribution >= 4 is 0 Å². The first-order valence-electron chi connectivity index (χ1n) is 6.57. The van der Waals surface area contributed by atoms with E-state index in [1.807, 2.05) is 0 Å². The van der Waals surface area contributed by atoms with Crippen molar-refractivity contribution in [3.8, 4) is 0 Å². The van der Waals surface area contributed by atoms with Crippen LogP contribution in [0.3, 0.4) is 0 Å². The van der Waals surface area contributed by atoms with Crippen LogP contribution in [0.15, 0.2) is 0 Å². The highest BCUT2D eigenvalue weighted by molar-refractivity contribution is 5.02. The summed E-state index contributed by atoms with van der Waals surface area (Å²) in [6.07, 6.45) is 2.75. The Balaban J connectivity index is 2.20. The molecule has 0 radical (unpaired) electrons. The molecule has 3 nitrogen and oxygen atoms in total. The summed E-state index contributed by atoms with van der Waals surface area (Å²) in [5.74, 6) is 0.623. The fourth-order valence-corrected chi connectivity index (χ4v) is 2.34. The lowest BCUT2D eigenvalue weighted by Crippen LogP contribution is -2.61. The lowest BCUT2D eigenvalue weighted by molar-refractivity contribution is -0.114. The van der Waals surface area contributed by atoms with Gasteiger partial charge in [0, 0.05) is 18.1 Å².